The molecular formula is C15H19FO2. The van der Waals surface area contributed by atoms with Crippen LogP contribution in [0.25, 0.3) is 0 Å². The Morgan fingerprint density at radius 3 is 2.50 bits per heavy atom. The molecule has 1 saturated carbocycles. The van der Waals surface area contributed by atoms with E-state index < -0.39 is 11.6 Å². The highest BCUT2D eigenvalue weighted by Crippen LogP contribution is 2.52. The third-order valence-electron chi connectivity index (χ3n) is 3.84. The third-order valence-corrected chi connectivity index (χ3v) is 3.84. The number of aliphatic carboxylic acids is 1. The lowest BCUT2D eigenvalue weighted by Gasteiger charge is -2.21. The third kappa shape index (κ3) is 2.40. The highest BCUT2D eigenvalue weighted by Gasteiger charge is 2.47. The van der Waals surface area contributed by atoms with Gasteiger partial charge in [-0.05, 0) is 50.3 Å². The van der Waals surface area contributed by atoms with E-state index in [0.29, 0.717) is 5.56 Å². The summed E-state index contributed by atoms with van der Waals surface area (Å²) in [5.74, 6) is -0.781. The van der Waals surface area contributed by atoms with Crippen LogP contribution in [-0.4, -0.2) is 11.1 Å². The van der Waals surface area contributed by atoms with E-state index in [1.165, 1.54) is 13.8 Å². The van der Waals surface area contributed by atoms with E-state index in [4.69, 9.17) is 5.11 Å². The summed E-state index contributed by atoms with van der Waals surface area (Å²) in [7, 11) is 0. The maximum Gasteiger partial charge on any atom is 0.304 e. The first-order valence-electron chi connectivity index (χ1n) is 6.27. The maximum atomic E-state index is 14.0. The predicted molar refractivity (Wildman–Crippen MR) is 68.5 cm³/mol. The maximum absolute atomic E-state index is 14.0. The van der Waals surface area contributed by atoms with Crippen molar-refractivity contribution < 1.29 is 14.3 Å². The molecule has 0 amide bonds. The van der Waals surface area contributed by atoms with E-state index in [1.807, 2.05) is 19.1 Å². The van der Waals surface area contributed by atoms with Gasteiger partial charge in [-0.15, -0.1) is 0 Å². The minimum Gasteiger partial charge on any atom is -0.481 e. The van der Waals surface area contributed by atoms with Crippen LogP contribution in [0.3, 0.4) is 0 Å². The van der Waals surface area contributed by atoms with Crippen LogP contribution in [0.2, 0.25) is 0 Å². The van der Waals surface area contributed by atoms with Crippen molar-refractivity contribution in [2.24, 2.45) is 0 Å². The lowest BCUT2D eigenvalue weighted by Crippen LogP contribution is -2.17. The smallest absolute Gasteiger partial charge is 0.304 e. The van der Waals surface area contributed by atoms with Gasteiger partial charge in [0.15, 0.2) is 0 Å². The number of rotatable bonds is 4. The van der Waals surface area contributed by atoms with Gasteiger partial charge in [-0.2, -0.15) is 0 Å². The molecule has 98 valence electrons. The number of benzene rings is 1. The highest BCUT2D eigenvalue weighted by molar-refractivity contribution is 5.70. The van der Waals surface area contributed by atoms with E-state index in [0.717, 1.165) is 24.0 Å². The average Bonchev–Trinajstić information content (AvgIpc) is 2.96. The predicted octanol–water partition coefficient (Wildman–Crippen LogP) is 3.71. The highest BCUT2D eigenvalue weighted by atomic mass is 19.1. The number of alkyl halides is 1. The zero-order valence-electron chi connectivity index (χ0n) is 11.1. The van der Waals surface area contributed by atoms with Crippen molar-refractivity contribution in [2.45, 2.75) is 51.1 Å². The first kappa shape index (κ1) is 13.1. The van der Waals surface area contributed by atoms with Crippen molar-refractivity contribution in [3.8, 4) is 0 Å². The molecule has 0 radical (unpaired) electrons. The molecule has 1 aliphatic rings. The van der Waals surface area contributed by atoms with Crippen LogP contribution in [0.4, 0.5) is 4.39 Å². The molecule has 0 spiro atoms. The number of hydrogen-bond acceptors (Lipinski definition) is 1. The molecule has 1 fully saturated rings. The molecule has 1 aromatic rings. The number of halogens is 1. The lowest BCUT2D eigenvalue weighted by atomic mass is 9.85. The molecule has 1 aromatic carbocycles. The monoisotopic (exact) mass is 250 g/mol. The van der Waals surface area contributed by atoms with Gasteiger partial charge in [0.2, 0.25) is 0 Å². The van der Waals surface area contributed by atoms with E-state index in [-0.39, 0.29) is 11.8 Å². The number of aryl methyl sites for hydroxylation is 1. The number of carbonyl (C=O) groups is 1. The quantitative estimate of drug-likeness (QED) is 0.884. The van der Waals surface area contributed by atoms with Gasteiger partial charge >= 0.3 is 5.97 Å². The van der Waals surface area contributed by atoms with E-state index >= 15 is 0 Å². The largest absolute Gasteiger partial charge is 0.481 e. The van der Waals surface area contributed by atoms with Gasteiger partial charge < -0.3 is 5.11 Å². The van der Waals surface area contributed by atoms with E-state index in [2.05, 4.69) is 0 Å². The summed E-state index contributed by atoms with van der Waals surface area (Å²) < 4.78 is 14.0. The molecule has 0 aromatic heterocycles. The van der Waals surface area contributed by atoms with E-state index in [1.54, 1.807) is 6.07 Å². The Morgan fingerprint density at radius 1 is 1.44 bits per heavy atom. The zero-order chi connectivity index (χ0) is 13.6. The molecule has 1 aliphatic carbocycles. The number of carboxylic acids is 1. The van der Waals surface area contributed by atoms with Gasteiger partial charge in [-0.3, -0.25) is 4.79 Å². The molecule has 0 unspecified atom stereocenters. The van der Waals surface area contributed by atoms with Crippen LogP contribution in [0.5, 0.6) is 0 Å². The Kier molecular flexibility index (Phi) is 2.96. The summed E-state index contributed by atoms with van der Waals surface area (Å²) in [6.45, 7) is 5.02. The molecule has 0 heterocycles. The Bertz CT molecular complexity index is 482. The molecule has 0 bridgehead atoms. The second-order valence-corrected chi connectivity index (χ2v) is 5.85. The van der Waals surface area contributed by atoms with E-state index in [9.17, 15) is 9.18 Å². The summed E-state index contributed by atoms with van der Waals surface area (Å²) in [6.07, 6.45) is 1.91. The first-order chi connectivity index (χ1) is 8.24. The fourth-order valence-electron chi connectivity index (χ4n) is 2.54. The van der Waals surface area contributed by atoms with Gasteiger partial charge in [-0.1, -0.05) is 18.2 Å². The summed E-state index contributed by atoms with van der Waals surface area (Å²) in [5.41, 5.74) is 1.05. The van der Waals surface area contributed by atoms with Gasteiger partial charge in [0.1, 0.15) is 5.67 Å². The molecule has 0 saturated heterocycles. The van der Waals surface area contributed by atoms with Crippen LogP contribution >= 0.6 is 0 Å². The summed E-state index contributed by atoms with van der Waals surface area (Å²) in [6, 6.07) is 5.54. The fourth-order valence-corrected chi connectivity index (χ4v) is 2.54. The molecule has 1 N–H and O–H groups in total. The molecule has 2 rings (SSSR count). The number of carboxylic acid groups (broad SMARTS) is 1. The van der Waals surface area contributed by atoms with Gasteiger partial charge in [0.25, 0.3) is 0 Å². The van der Waals surface area contributed by atoms with Crippen LogP contribution in [-0.2, 0) is 15.9 Å². The van der Waals surface area contributed by atoms with Crippen molar-refractivity contribution in [3.63, 3.8) is 0 Å². The van der Waals surface area contributed by atoms with Crippen LogP contribution < -0.4 is 0 Å². The summed E-state index contributed by atoms with van der Waals surface area (Å²) in [5, 5.41) is 9.00. The van der Waals surface area contributed by atoms with Crippen LogP contribution in [0, 0.1) is 6.92 Å². The van der Waals surface area contributed by atoms with Gasteiger partial charge in [0, 0.05) is 5.41 Å². The first-order valence-corrected chi connectivity index (χ1v) is 6.27. The Morgan fingerprint density at radius 2 is 2.06 bits per heavy atom. The fraction of sp³-hybridized carbons (Fsp3) is 0.533. The molecule has 2 nitrogen and oxygen atoms in total. The molecule has 3 heteroatoms. The lowest BCUT2D eigenvalue weighted by molar-refractivity contribution is -0.137. The van der Waals surface area contributed by atoms with Crippen molar-refractivity contribution in [3.05, 3.63) is 34.9 Å². The van der Waals surface area contributed by atoms with Crippen LogP contribution in [0.15, 0.2) is 18.2 Å². The number of hydrogen-bond donors (Lipinski definition) is 1. The minimum atomic E-state index is -1.39. The SMILES string of the molecule is Cc1ccc(C(C)(C)F)cc1C1(CC(=O)O)CC1. The van der Waals surface area contributed by atoms with Crippen molar-refractivity contribution in [1.82, 2.24) is 0 Å². The molecule has 0 aliphatic heterocycles. The summed E-state index contributed by atoms with van der Waals surface area (Å²) in [4.78, 5) is 10.9. The molecule has 0 atom stereocenters. The minimum absolute atomic E-state index is 0.143. The second-order valence-electron chi connectivity index (χ2n) is 5.85. The van der Waals surface area contributed by atoms with Crippen molar-refractivity contribution >= 4 is 5.97 Å². The normalized spacial score (nSPS) is 17.6. The van der Waals surface area contributed by atoms with Gasteiger partial charge in [0.05, 0.1) is 6.42 Å². The second kappa shape index (κ2) is 4.08. The molecular weight excluding hydrogens is 231 g/mol. The summed E-state index contributed by atoms with van der Waals surface area (Å²) >= 11 is 0. The Balaban J connectivity index is 2.42. The topological polar surface area (TPSA) is 37.3 Å². The standard InChI is InChI=1S/C15H19FO2/c1-10-4-5-11(14(2,3)16)8-12(10)15(6-7-15)9-13(17)18/h4-5,8H,6-7,9H2,1-3H3,(H,17,18). The van der Waals surface area contributed by atoms with Crippen LogP contribution in [0.1, 0.15) is 49.8 Å². The average molecular weight is 250 g/mol. The molecule has 18 heavy (non-hydrogen) atoms. The van der Waals surface area contributed by atoms with Crippen molar-refractivity contribution in [2.75, 3.05) is 0 Å². The Hall–Kier alpha value is -1.38. The van der Waals surface area contributed by atoms with Crippen molar-refractivity contribution in [1.29, 1.82) is 0 Å². The Labute approximate surface area is 107 Å². The van der Waals surface area contributed by atoms with Gasteiger partial charge in [-0.25, -0.2) is 4.39 Å². The zero-order valence-corrected chi connectivity index (χ0v) is 11.1.